The summed E-state index contributed by atoms with van der Waals surface area (Å²) < 4.78 is 28.3. The number of nitrogens with zero attached hydrogens (tertiary/aromatic N) is 3. The van der Waals surface area contributed by atoms with Crippen molar-refractivity contribution in [2.75, 3.05) is 5.73 Å². The first-order valence-electron chi connectivity index (χ1n) is 8.38. The topological polar surface area (TPSA) is 73.8 Å². The predicted molar refractivity (Wildman–Crippen MR) is 101 cm³/mol. The zero-order valence-electron chi connectivity index (χ0n) is 14.9. The summed E-state index contributed by atoms with van der Waals surface area (Å²) in [4.78, 5) is 17.0. The molecule has 0 atom stereocenters. The summed E-state index contributed by atoms with van der Waals surface area (Å²) in [6, 6.07) is 13.8. The zero-order chi connectivity index (χ0) is 19.7. The maximum Gasteiger partial charge on any atom is 0.198 e. The molecule has 2 heterocycles. The van der Waals surface area contributed by atoms with Gasteiger partial charge in [-0.2, -0.15) is 5.10 Å². The number of hydrogen-bond acceptors (Lipinski definition) is 4. The number of benzene rings is 2. The van der Waals surface area contributed by atoms with E-state index in [0.29, 0.717) is 5.56 Å². The molecule has 0 aliphatic carbocycles. The normalized spacial score (nSPS) is 10.4. The maximum atomic E-state index is 14.0. The lowest BCUT2D eigenvalue weighted by Crippen LogP contribution is -3.00. The highest BCUT2D eigenvalue weighted by molar-refractivity contribution is 6.12. The Bertz CT molecular complexity index is 1180. The molecule has 0 aliphatic rings. The molecule has 0 bridgehead atoms. The second-order valence-corrected chi connectivity index (χ2v) is 6.10. The minimum absolute atomic E-state index is 0. The first-order valence-corrected chi connectivity index (χ1v) is 8.38. The van der Waals surface area contributed by atoms with Crippen LogP contribution < -0.4 is 18.1 Å². The van der Waals surface area contributed by atoms with Crippen LogP contribution in [0.3, 0.4) is 0 Å². The van der Waals surface area contributed by atoms with Gasteiger partial charge in [-0.3, -0.25) is 9.78 Å². The van der Waals surface area contributed by atoms with Crippen LogP contribution in [-0.2, 0) is 0 Å². The number of rotatable bonds is 4. The molecular weight excluding hydrogens is 398 g/mol. The average molecular weight is 412 g/mol. The van der Waals surface area contributed by atoms with Crippen LogP contribution in [0.15, 0.2) is 73.2 Å². The number of aromatic nitrogens is 3. The first kappa shape index (κ1) is 20.2. The second kappa shape index (κ2) is 8.20. The van der Waals surface area contributed by atoms with Crippen LogP contribution in [0.1, 0.15) is 15.9 Å². The van der Waals surface area contributed by atoms with Crippen molar-refractivity contribution in [1.82, 2.24) is 14.8 Å². The molecule has 0 unspecified atom stereocenters. The largest absolute Gasteiger partial charge is 1.00 e. The van der Waals surface area contributed by atoms with Gasteiger partial charge in [-0.15, -0.1) is 0 Å². The number of nitrogen functional groups attached to an aromatic ring is 1. The van der Waals surface area contributed by atoms with Gasteiger partial charge < -0.3 is 18.1 Å². The Morgan fingerprint density at radius 1 is 0.966 bits per heavy atom. The quantitative estimate of drug-likeness (QED) is 0.509. The van der Waals surface area contributed by atoms with Crippen molar-refractivity contribution >= 4 is 11.6 Å². The van der Waals surface area contributed by atoms with E-state index < -0.39 is 11.6 Å². The third-order valence-corrected chi connectivity index (χ3v) is 4.31. The van der Waals surface area contributed by atoms with Gasteiger partial charge in [0, 0.05) is 29.6 Å². The highest BCUT2D eigenvalue weighted by Crippen LogP contribution is 2.25. The molecule has 8 heteroatoms. The number of halogens is 3. The molecule has 29 heavy (non-hydrogen) atoms. The summed E-state index contributed by atoms with van der Waals surface area (Å²) in [5.41, 5.74) is 8.24. The molecule has 0 radical (unpaired) electrons. The van der Waals surface area contributed by atoms with E-state index in [1.54, 1.807) is 30.6 Å². The van der Waals surface area contributed by atoms with E-state index in [-0.39, 0.29) is 35.3 Å². The standard InChI is InChI=1S/C21H14F2N4O.ClH/c22-16-6-7-19(18(23)10-16)27-21(24)17(12-26-27)20(28)14-4-1-3-13(9-14)15-5-2-8-25-11-15;/h1-12H,24H2;1H/p-1. The number of nitrogens with two attached hydrogens (primary N) is 1. The van der Waals surface area contributed by atoms with Gasteiger partial charge in [-0.1, -0.05) is 24.3 Å². The molecule has 4 rings (SSSR count). The van der Waals surface area contributed by atoms with Gasteiger partial charge in [0.05, 0.1) is 11.8 Å². The highest BCUT2D eigenvalue weighted by atomic mass is 35.5. The molecule has 4 aromatic rings. The van der Waals surface area contributed by atoms with Crippen molar-refractivity contribution in [3.8, 4) is 16.8 Å². The fourth-order valence-electron chi connectivity index (χ4n) is 2.91. The van der Waals surface area contributed by atoms with Crippen LogP contribution in [0.25, 0.3) is 16.8 Å². The third kappa shape index (κ3) is 3.86. The van der Waals surface area contributed by atoms with Crippen molar-refractivity contribution in [2.24, 2.45) is 0 Å². The molecule has 0 fully saturated rings. The van der Waals surface area contributed by atoms with E-state index in [9.17, 15) is 13.6 Å². The van der Waals surface area contributed by atoms with Gasteiger partial charge in [-0.05, 0) is 29.8 Å². The Labute approximate surface area is 171 Å². The Balaban J connectivity index is 0.00000240. The van der Waals surface area contributed by atoms with E-state index >= 15 is 0 Å². The summed E-state index contributed by atoms with van der Waals surface area (Å²) in [6.07, 6.45) is 4.65. The van der Waals surface area contributed by atoms with Crippen LogP contribution in [0.5, 0.6) is 0 Å². The molecule has 0 saturated heterocycles. The lowest BCUT2D eigenvalue weighted by Gasteiger charge is -2.07. The minimum Gasteiger partial charge on any atom is -1.00 e. The van der Waals surface area contributed by atoms with E-state index in [1.807, 2.05) is 18.2 Å². The molecule has 2 aromatic carbocycles. The molecule has 0 spiro atoms. The van der Waals surface area contributed by atoms with E-state index in [1.165, 1.54) is 12.3 Å². The number of hydrogen-bond donors (Lipinski definition) is 1. The van der Waals surface area contributed by atoms with Gasteiger partial charge in [0.25, 0.3) is 0 Å². The predicted octanol–water partition coefficient (Wildman–Crippen LogP) is 1.03. The summed E-state index contributed by atoms with van der Waals surface area (Å²) in [6.45, 7) is 0. The maximum absolute atomic E-state index is 14.0. The summed E-state index contributed by atoms with van der Waals surface area (Å²) in [5.74, 6) is -1.91. The zero-order valence-corrected chi connectivity index (χ0v) is 15.6. The Kier molecular flexibility index (Phi) is 5.70. The van der Waals surface area contributed by atoms with E-state index in [2.05, 4.69) is 10.1 Å². The molecule has 0 aliphatic heterocycles. The number of pyridine rings is 1. The minimum atomic E-state index is -0.827. The van der Waals surface area contributed by atoms with E-state index in [4.69, 9.17) is 5.73 Å². The molecule has 2 aromatic heterocycles. The van der Waals surface area contributed by atoms with Crippen molar-refractivity contribution in [3.63, 3.8) is 0 Å². The molecule has 2 N–H and O–H groups in total. The Morgan fingerprint density at radius 3 is 2.48 bits per heavy atom. The van der Waals surface area contributed by atoms with E-state index in [0.717, 1.165) is 27.9 Å². The van der Waals surface area contributed by atoms with Crippen LogP contribution in [0, 0.1) is 11.6 Å². The first-order chi connectivity index (χ1) is 13.5. The number of carbonyl (C=O) groups excluding carboxylic acids is 1. The third-order valence-electron chi connectivity index (χ3n) is 4.31. The van der Waals surface area contributed by atoms with Crippen LogP contribution in [-0.4, -0.2) is 20.5 Å². The molecular formula is C21H14ClF2N4O-. The van der Waals surface area contributed by atoms with Crippen LogP contribution in [0.2, 0.25) is 0 Å². The number of carbonyl (C=O) groups is 1. The molecule has 0 saturated carbocycles. The summed E-state index contributed by atoms with van der Waals surface area (Å²) >= 11 is 0. The Hall–Kier alpha value is -3.58. The molecule has 146 valence electrons. The van der Waals surface area contributed by atoms with Gasteiger partial charge >= 0.3 is 0 Å². The van der Waals surface area contributed by atoms with Crippen molar-refractivity contribution in [3.05, 3.63) is 95.9 Å². The van der Waals surface area contributed by atoms with Crippen molar-refractivity contribution < 1.29 is 26.0 Å². The fourth-order valence-corrected chi connectivity index (χ4v) is 2.91. The highest BCUT2D eigenvalue weighted by Gasteiger charge is 2.20. The average Bonchev–Trinajstić information content (AvgIpc) is 3.09. The van der Waals surface area contributed by atoms with Crippen molar-refractivity contribution in [2.45, 2.75) is 0 Å². The van der Waals surface area contributed by atoms with Gasteiger partial charge in [0.15, 0.2) is 11.6 Å². The lowest BCUT2D eigenvalue weighted by atomic mass is 10.00. The van der Waals surface area contributed by atoms with Crippen LogP contribution >= 0.6 is 0 Å². The van der Waals surface area contributed by atoms with Gasteiger partial charge in [0.2, 0.25) is 0 Å². The summed E-state index contributed by atoms with van der Waals surface area (Å²) in [7, 11) is 0. The molecule has 0 amide bonds. The number of ketones is 1. The number of anilines is 1. The molecule has 5 nitrogen and oxygen atoms in total. The monoisotopic (exact) mass is 411 g/mol. The van der Waals surface area contributed by atoms with Gasteiger partial charge in [-0.25, -0.2) is 13.5 Å². The van der Waals surface area contributed by atoms with Crippen molar-refractivity contribution in [1.29, 1.82) is 0 Å². The van der Waals surface area contributed by atoms with Gasteiger partial charge in [0.1, 0.15) is 17.3 Å². The summed E-state index contributed by atoms with van der Waals surface area (Å²) in [5, 5.41) is 4.00. The van der Waals surface area contributed by atoms with Crippen LogP contribution in [0.4, 0.5) is 14.6 Å². The fraction of sp³-hybridized carbons (Fsp3) is 0. The SMILES string of the molecule is Nc1c(C(=O)c2cccc(-c3cccnc3)c2)cnn1-c1ccc(F)cc1F.[Cl-]. The Morgan fingerprint density at radius 2 is 1.76 bits per heavy atom. The smallest absolute Gasteiger partial charge is 0.198 e. The second-order valence-electron chi connectivity index (χ2n) is 6.10. The lowest BCUT2D eigenvalue weighted by molar-refractivity contribution is -0.0000141.